The van der Waals surface area contributed by atoms with Gasteiger partial charge < -0.3 is 18.2 Å². The van der Waals surface area contributed by atoms with Gasteiger partial charge >= 0.3 is 0 Å². The molecule has 0 aliphatic heterocycles. The van der Waals surface area contributed by atoms with Crippen LogP contribution in [0.2, 0.25) is 0 Å². The molecule has 9 aromatic carbocycles. The molecule has 4 nitrogen and oxygen atoms in total. The molecule has 12 rings (SSSR count). The summed E-state index contributed by atoms with van der Waals surface area (Å²) < 4.78 is 19.8. The van der Waals surface area contributed by atoms with Gasteiger partial charge in [0.25, 0.3) is 0 Å². The Morgan fingerprint density at radius 1 is 0.293 bits per heavy atom. The van der Waals surface area contributed by atoms with Crippen LogP contribution in [0.4, 0.5) is 17.1 Å². The first-order chi connectivity index (χ1) is 28.7. The SMILES string of the molecule is c1ccc(-c2cccc(N(c3ccc(-c4ccc5oc6c(-c7ccccc7)c7c(cc6c5c4)oc4ccccc47)cc3)c3cccc4c3oc3ccccc34)c2)cc1. The largest absolute Gasteiger partial charge is 0.456 e. The molecule has 0 amide bonds. The molecule has 0 N–H and O–H groups in total. The molecule has 12 aromatic rings. The molecular weight excluding hydrogens is 711 g/mol. The van der Waals surface area contributed by atoms with Crippen LogP contribution in [-0.2, 0) is 0 Å². The van der Waals surface area contributed by atoms with E-state index in [1.54, 1.807) is 0 Å². The van der Waals surface area contributed by atoms with E-state index in [1.165, 1.54) is 5.56 Å². The van der Waals surface area contributed by atoms with Crippen LogP contribution in [0.15, 0.2) is 213 Å². The van der Waals surface area contributed by atoms with Crippen LogP contribution < -0.4 is 4.90 Å². The number of nitrogens with zero attached hydrogens (tertiary/aromatic N) is 1. The zero-order valence-electron chi connectivity index (χ0n) is 31.2. The summed E-state index contributed by atoms with van der Waals surface area (Å²) in [5.74, 6) is 0. The Hall–Kier alpha value is -7.82. The highest BCUT2D eigenvalue weighted by atomic mass is 16.3. The number of para-hydroxylation sites is 3. The summed E-state index contributed by atoms with van der Waals surface area (Å²) in [6.07, 6.45) is 0. The molecule has 4 heteroatoms. The topological polar surface area (TPSA) is 42.7 Å². The molecule has 0 bridgehead atoms. The number of fused-ring (bicyclic) bond motifs is 9. The summed E-state index contributed by atoms with van der Waals surface area (Å²) >= 11 is 0. The van der Waals surface area contributed by atoms with Gasteiger partial charge in [0, 0.05) is 49.3 Å². The number of hydrogen-bond acceptors (Lipinski definition) is 4. The Balaban J connectivity index is 1.01. The van der Waals surface area contributed by atoms with Crippen LogP contribution >= 0.6 is 0 Å². The Morgan fingerprint density at radius 2 is 0.879 bits per heavy atom. The van der Waals surface area contributed by atoms with Crippen LogP contribution in [0.1, 0.15) is 0 Å². The van der Waals surface area contributed by atoms with Gasteiger partial charge in [-0.05, 0) is 88.5 Å². The lowest BCUT2D eigenvalue weighted by molar-refractivity contribution is 0.664. The third kappa shape index (κ3) is 5.09. The van der Waals surface area contributed by atoms with Crippen molar-refractivity contribution in [3.63, 3.8) is 0 Å². The lowest BCUT2D eigenvalue weighted by atomic mass is 9.96. The maximum atomic E-state index is 6.75. The minimum absolute atomic E-state index is 0.841. The smallest absolute Gasteiger partial charge is 0.159 e. The van der Waals surface area contributed by atoms with Crippen LogP contribution in [0.25, 0.3) is 99.2 Å². The average molecular weight is 744 g/mol. The van der Waals surface area contributed by atoms with Gasteiger partial charge in [0.15, 0.2) is 5.58 Å². The number of rotatable bonds is 6. The zero-order valence-corrected chi connectivity index (χ0v) is 31.2. The lowest BCUT2D eigenvalue weighted by Crippen LogP contribution is -2.10. The predicted molar refractivity (Wildman–Crippen MR) is 239 cm³/mol. The van der Waals surface area contributed by atoms with Gasteiger partial charge in [0.1, 0.15) is 27.9 Å². The van der Waals surface area contributed by atoms with E-state index in [1.807, 2.05) is 30.3 Å². The molecule has 0 aliphatic carbocycles. The number of hydrogen-bond donors (Lipinski definition) is 0. The summed E-state index contributed by atoms with van der Waals surface area (Å²) in [6.45, 7) is 0. The zero-order chi connectivity index (χ0) is 38.2. The summed E-state index contributed by atoms with van der Waals surface area (Å²) in [6, 6.07) is 70.1. The molecule has 0 saturated carbocycles. The monoisotopic (exact) mass is 743 g/mol. The third-order valence-corrected chi connectivity index (χ3v) is 11.5. The molecule has 0 radical (unpaired) electrons. The quantitative estimate of drug-likeness (QED) is 0.170. The molecule has 3 heterocycles. The van der Waals surface area contributed by atoms with E-state index >= 15 is 0 Å². The molecule has 3 aromatic heterocycles. The summed E-state index contributed by atoms with van der Waals surface area (Å²) in [5.41, 5.74) is 14.8. The van der Waals surface area contributed by atoms with E-state index in [0.717, 1.165) is 111 Å². The van der Waals surface area contributed by atoms with Gasteiger partial charge in [-0.1, -0.05) is 140 Å². The van der Waals surface area contributed by atoms with Crippen LogP contribution in [0.3, 0.4) is 0 Å². The van der Waals surface area contributed by atoms with Gasteiger partial charge in [0.05, 0.1) is 5.69 Å². The Morgan fingerprint density at radius 3 is 1.69 bits per heavy atom. The van der Waals surface area contributed by atoms with Crippen molar-refractivity contribution in [3.05, 3.63) is 200 Å². The minimum atomic E-state index is 0.841. The first-order valence-corrected chi connectivity index (χ1v) is 19.6. The molecule has 272 valence electrons. The van der Waals surface area contributed by atoms with Crippen LogP contribution in [0.5, 0.6) is 0 Å². The van der Waals surface area contributed by atoms with E-state index in [4.69, 9.17) is 13.3 Å². The predicted octanol–water partition coefficient (Wildman–Crippen LogP) is 15.9. The molecule has 0 spiro atoms. The van der Waals surface area contributed by atoms with Crippen LogP contribution in [0, 0.1) is 0 Å². The summed E-state index contributed by atoms with van der Waals surface area (Å²) in [7, 11) is 0. The normalized spacial score (nSPS) is 11.8. The van der Waals surface area contributed by atoms with Crippen molar-refractivity contribution in [3.8, 4) is 33.4 Å². The van der Waals surface area contributed by atoms with Crippen molar-refractivity contribution in [2.45, 2.75) is 0 Å². The van der Waals surface area contributed by atoms with Gasteiger partial charge in [-0.3, -0.25) is 0 Å². The van der Waals surface area contributed by atoms with Crippen molar-refractivity contribution in [2.75, 3.05) is 4.90 Å². The second-order valence-corrected chi connectivity index (χ2v) is 14.8. The molecule has 0 aliphatic rings. The fourth-order valence-corrected chi connectivity index (χ4v) is 8.77. The highest BCUT2D eigenvalue weighted by molar-refractivity contribution is 6.23. The first kappa shape index (κ1) is 32.4. The Labute approximate surface area is 333 Å². The van der Waals surface area contributed by atoms with Gasteiger partial charge in [-0.25, -0.2) is 0 Å². The lowest BCUT2D eigenvalue weighted by Gasteiger charge is -2.26. The molecule has 0 unspecified atom stereocenters. The number of furan rings is 3. The summed E-state index contributed by atoms with van der Waals surface area (Å²) in [5, 5.41) is 6.42. The fraction of sp³-hybridized carbons (Fsp3) is 0. The van der Waals surface area contributed by atoms with Crippen molar-refractivity contribution in [1.29, 1.82) is 0 Å². The van der Waals surface area contributed by atoms with Crippen LogP contribution in [-0.4, -0.2) is 0 Å². The van der Waals surface area contributed by atoms with Gasteiger partial charge in [-0.15, -0.1) is 0 Å². The Bertz CT molecular complexity index is 3500. The minimum Gasteiger partial charge on any atom is -0.456 e. The number of benzene rings is 9. The van der Waals surface area contributed by atoms with E-state index in [2.05, 4.69) is 175 Å². The maximum Gasteiger partial charge on any atom is 0.159 e. The summed E-state index contributed by atoms with van der Waals surface area (Å²) in [4.78, 5) is 2.30. The van der Waals surface area contributed by atoms with E-state index in [9.17, 15) is 0 Å². The molecule has 0 fully saturated rings. The van der Waals surface area contributed by atoms with E-state index in [-0.39, 0.29) is 0 Å². The first-order valence-electron chi connectivity index (χ1n) is 19.6. The third-order valence-electron chi connectivity index (χ3n) is 11.5. The van der Waals surface area contributed by atoms with Crippen molar-refractivity contribution >= 4 is 82.9 Å². The van der Waals surface area contributed by atoms with Crippen molar-refractivity contribution in [1.82, 2.24) is 0 Å². The van der Waals surface area contributed by atoms with Crippen molar-refractivity contribution in [2.24, 2.45) is 0 Å². The molecule has 0 saturated heterocycles. The standard InChI is InChI=1S/C54H33NO3/c1-3-13-34(14-4-1)37-17-11-18-40(31-37)55(46-22-12-21-42-41-19-7-9-23-47(41)57-53(42)46)39-28-25-35(26-29-39)38-27-30-49-44(32-38)45-33-50-52(43-20-8-10-24-48(43)56-50)51(54(45)58-49)36-15-5-2-6-16-36/h1-33H. The maximum absolute atomic E-state index is 6.75. The highest BCUT2D eigenvalue weighted by Gasteiger charge is 2.23. The van der Waals surface area contributed by atoms with E-state index in [0.29, 0.717) is 0 Å². The Kier molecular flexibility index (Phi) is 7.20. The second kappa shape index (κ2) is 12.9. The van der Waals surface area contributed by atoms with E-state index < -0.39 is 0 Å². The van der Waals surface area contributed by atoms with Gasteiger partial charge in [0.2, 0.25) is 0 Å². The van der Waals surface area contributed by atoms with Crippen molar-refractivity contribution < 1.29 is 13.3 Å². The number of anilines is 3. The molecule has 58 heavy (non-hydrogen) atoms. The highest BCUT2D eigenvalue weighted by Crippen LogP contribution is 2.46. The average Bonchev–Trinajstić information content (AvgIpc) is 3.98. The van der Waals surface area contributed by atoms with Gasteiger partial charge in [-0.2, -0.15) is 0 Å². The molecule has 0 atom stereocenters. The second-order valence-electron chi connectivity index (χ2n) is 14.8. The molecular formula is C54H33NO3. The fourth-order valence-electron chi connectivity index (χ4n) is 8.77.